The molecule has 1 saturated heterocycles. The van der Waals surface area contributed by atoms with Crippen LogP contribution < -0.4 is 5.73 Å². The summed E-state index contributed by atoms with van der Waals surface area (Å²) in [5, 5.41) is 0. The molecule has 1 aromatic carbocycles. The second-order valence-electron chi connectivity index (χ2n) is 5.32. The van der Waals surface area contributed by atoms with Crippen LogP contribution in [0, 0.1) is 12.7 Å². The smallest absolute Gasteiger partial charge is 0.243 e. The van der Waals surface area contributed by atoms with Crippen molar-refractivity contribution in [1.82, 2.24) is 4.31 Å². The number of halogens is 1. The summed E-state index contributed by atoms with van der Waals surface area (Å²) >= 11 is 0. The van der Waals surface area contributed by atoms with E-state index in [0.717, 1.165) is 0 Å². The summed E-state index contributed by atoms with van der Waals surface area (Å²) in [6.07, 6.45) is 0.492. The van der Waals surface area contributed by atoms with E-state index >= 15 is 0 Å². The Morgan fingerprint density at radius 2 is 2.19 bits per heavy atom. The largest absolute Gasteiger partial charge is 0.377 e. The summed E-state index contributed by atoms with van der Waals surface area (Å²) in [7, 11) is -3.66. The molecule has 1 unspecified atom stereocenters. The molecule has 0 bridgehead atoms. The van der Waals surface area contributed by atoms with Gasteiger partial charge in [0, 0.05) is 31.8 Å². The molecule has 1 heterocycles. The van der Waals surface area contributed by atoms with Crippen molar-refractivity contribution in [1.29, 1.82) is 0 Å². The average Bonchev–Trinajstić information content (AvgIpc) is 2.66. The fourth-order valence-electron chi connectivity index (χ4n) is 2.43. The maximum absolute atomic E-state index is 13.8. The number of nitrogens with zero attached hydrogens (tertiary/aromatic N) is 1. The van der Waals surface area contributed by atoms with Gasteiger partial charge < -0.3 is 10.5 Å². The Labute approximate surface area is 124 Å². The van der Waals surface area contributed by atoms with Crippen LogP contribution in [-0.2, 0) is 21.3 Å². The van der Waals surface area contributed by atoms with E-state index in [0.29, 0.717) is 26.1 Å². The van der Waals surface area contributed by atoms with Crippen LogP contribution in [-0.4, -0.2) is 38.5 Å². The zero-order valence-electron chi connectivity index (χ0n) is 12.3. The zero-order valence-corrected chi connectivity index (χ0v) is 13.1. The third kappa shape index (κ3) is 3.42. The number of rotatable bonds is 3. The standard InChI is InChI=1S/C14H21FN2O3S/c1-10-6-13(7-12(8-16)14(10)15)21(18,19)17-4-3-5-20-11(2)9-17/h6-7,11H,3-5,8-9,16H2,1-2H3. The van der Waals surface area contributed by atoms with Gasteiger partial charge in [-0.3, -0.25) is 0 Å². The SMILES string of the molecule is Cc1cc(S(=O)(=O)N2CCCOC(C)C2)cc(CN)c1F. The first-order chi connectivity index (χ1) is 9.86. The lowest BCUT2D eigenvalue weighted by atomic mass is 10.1. The topological polar surface area (TPSA) is 72.6 Å². The number of sulfonamides is 1. The van der Waals surface area contributed by atoms with Crippen LogP contribution in [0.4, 0.5) is 4.39 Å². The fourth-order valence-corrected chi connectivity index (χ4v) is 4.12. The lowest BCUT2D eigenvalue weighted by Gasteiger charge is -2.22. The van der Waals surface area contributed by atoms with E-state index in [1.54, 1.807) is 6.92 Å². The van der Waals surface area contributed by atoms with Crippen molar-refractivity contribution in [2.45, 2.75) is 37.8 Å². The molecule has 7 heteroatoms. The third-order valence-electron chi connectivity index (χ3n) is 3.58. The van der Waals surface area contributed by atoms with Crippen LogP contribution in [0.2, 0.25) is 0 Å². The van der Waals surface area contributed by atoms with Gasteiger partial charge in [-0.05, 0) is 38.0 Å². The van der Waals surface area contributed by atoms with Crippen molar-refractivity contribution < 1.29 is 17.5 Å². The van der Waals surface area contributed by atoms with Crippen molar-refractivity contribution >= 4 is 10.0 Å². The first-order valence-electron chi connectivity index (χ1n) is 6.97. The molecule has 1 aliphatic rings. The van der Waals surface area contributed by atoms with Crippen LogP contribution >= 0.6 is 0 Å². The summed E-state index contributed by atoms with van der Waals surface area (Å²) in [4.78, 5) is 0.0935. The van der Waals surface area contributed by atoms with Crippen LogP contribution in [0.25, 0.3) is 0 Å². The molecule has 0 aliphatic carbocycles. The Morgan fingerprint density at radius 3 is 2.86 bits per heavy atom. The first kappa shape index (κ1) is 16.4. The van der Waals surface area contributed by atoms with Gasteiger partial charge >= 0.3 is 0 Å². The molecule has 21 heavy (non-hydrogen) atoms. The maximum atomic E-state index is 13.8. The van der Waals surface area contributed by atoms with Gasteiger partial charge in [0.05, 0.1) is 11.0 Å². The van der Waals surface area contributed by atoms with Crippen molar-refractivity contribution in [3.8, 4) is 0 Å². The minimum atomic E-state index is -3.66. The van der Waals surface area contributed by atoms with E-state index in [2.05, 4.69) is 0 Å². The molecule has 5 nitrogen and oxygen atoms in total. The second kappa shape index (κ2) is 6.39. The molecule has 0 aromatic heterocycles. The van der Waals surface area contributed by atoms with Crippen LogP contribution in [0.5, 0.6) is 0 Å². The van der Waals surface area contributed by atoms with Gasteiger partial charge in [-0.15, -0.1) is 0 Å². The van der Waals surface area contributed by atoms with Crippen LogP contribution in [0.1, 0.15) is 24.5 Å². The molecule has 1 atom stereocenters. The molecule has 0 radical (unpaired) electrons. The van der Waals surface area contributed by atoms with Gasteiger partial charge in [0.2, 0.25) is 10.0 Å². The van der Waals surface area contributed by atoms with E-state index in [1.807, 2.05) is 6.92 Å². The molecule has 1 aromatic rings. The van der Waals surface area contributed by atoms with Gasteiger partial charge in [-0.1, -0.05) is 0 Å². The molecule has 2 N–H and O–H groups in total. The van der Waals surface area contributed by atoms with Gasteiger partial charge in [0.25, 0.3) is 0 Å². The number of benzene rings is 1. The number of ether oxygens (including phenoxy) is 1. The molecule has 0 amide bonds. The Morgan fingerprint density at radius 1 is 1.48 bits per heavy atom. The third-order valence-corrected chi connectivity index (χ3v) is 5.42. The highest BCUT2D eigenvalue weighted by molar-refractivity contribution is 7.89. The molecule has 2 rings (SSSR count). The van der Waals surface area contributed by atoms with Gasteiger partial charge in [-0.2, -0.15) is 4.31 Å². The number of aryl methyl sites for hydroxylation is 1. The van der Waals surface area contributed by atoms with Crippen LogP contribution in [0.15, 0.2) is 17.0 Å². The highest BCUT2D eigenvalue weighted by atomic mass is 32.2. The average molecular weight is 316 g/mol. The lowest BCUT2D eigenvalue weighted by molar-refractivity contribution is 0.0752. The summed E-state index contributed by atoms with van der Waals surface area (Å²) in [5.41, 5.74) is 5.99. The van der Waals surface area contributed by atoms with Gasteiger partial charge in [0.1, 0.15) is 5.82 Å². The van der Waals surface area contributed by atoms with Gasteiger partial charge in [0.15, 0.2) is 0 Å². The summed E-state index contributed by atoms with van der Waals surface area (Å²) < 4.78 is 46.1. The monoisotopic (exact) mass is 316 g/mol. The van der Waals surface area contributed by atoms with Gasteiger partial charge in [-0.25, -0.2) is 12.8 Å². The normalized spacial score (nSPS) is 21.2. The van der Waals surface area contributed by atoms with E-state index in [9.17, 15) is 12.8 Å². The maximum Gasteiger partial charge on any atom is 0.243 e. The molecule has 0 saturated carbocycles. The highest BCUT2D eigenvalue weighted by Crippen LogP contribution is 2.23. The number of hydrogen-bond acceptors (Lipinski definition) is 4. The molecular weight excluding hydrogens is 295 g/mol. The van der Waals surface area contributed by atoms with E-state index in [1.165, 1.54) is 16.4 Å². The Balaban J connectivity index is 2.41. The first-order valence-corrected chi connectivity index (χ1v) is 8.41. The molecule has 1 aliphatic heterocycles. The summed E-state index contributed by atoms with van der Waals surface area (Å²) in [6, 6.07) is 2.69. The second-order valence-corrected chi connectivity index (χ2v) is 7.25. The quantitative estimate of drug-likeness (QED) is 0.915. The Hall–Kier alpha value is -1.02. The van der Waals surface area contributed by atoms with Crippen molar-refractivity contribution in [2.75, 3.05) is 19.7 Å². The molecule has 0 spiro atoms. The van der Waals surface area contributed by atoms with Crippen LogP contribution in [0.3, 0.4) is 0 Å². The fraction of sp³-hybridized carbons (Fsp3) is 0.571. The molecule has 1 fully saturated rings. The zero-order chi connectivity index (χ0) is 15.6. The van der Waals surface area contributed by atoms with E-state index in [-0.39, 0.29) is 28.7 Å². The van der Waals surface area contributed by atoms with Crippen molar-refractivity contribution in [3.63, 3.8) is 0 Å². The predicted octanol–water partition coefficient (Wildman–Crippen LogP) is 1.39. The van der Waals surface area contributed by atoms with Crippen molar-refractivity contribution in [2.24, 2.45) is 5.73 Å². The Bertz CT molecular complexity index is 619. The number of hydrogen-bond donors (Lipinski definition) is 1. The van der Waals surface area contributed by atoms with E-state index < -0.39 is 15.8 Å². The number of nitrogens with two attached hydrogens (primary N) is 1. The summed E-state index contributed by atoms with van der Waals surface area (Å²) in [5.74, 6) is -0.441. The van der Waals surface area contributed by atoms with Crippen molar-refractivity contribution in [3.05, 3.63) is 29.1 Å². The summed E-state index contributed by atoms with van der Waals surface area (Å²) in [6.45, 7) is 4.60. The highest BCUT2D eigenvalue weighted by Gasteiger charge is 2.28. The Kier molecular flexibility index (Phi) is 4.98. The lowest BCUT2D eigenvalue weighted by Crippen LogP contribution is -2.36. The molecular formula is C14H21FN2O3S. The minimum Gasteiger partial charge on any atom is -0.377 e. The minimum absolute atomic E-state index is 0.0322. The predicted molar refractivity (Wildman–Crippen MR) is 77.8 cm³/mol. The van der Waals surface area contributed by atoms with E-state index in [4.69, 9.17) is 10.5 Å². The molecule has 118 valence electrons.